The predicted molar refractivity (Wildman–Crippen MR) is 128 cm³/mol. The molecule has 8 nitrogen and oxygen atoms in total. The molecule has 2 aromatic heterocycles. The van der Waals surface area contributed by atoms with Gasteiger partial charge in [-0.3, -0.25) is 4.79 Å². The number of nitrogens with one attached hydrogen (secondary N) is 1. The second kappa shape index (κ2) is 9.52. The quantitative estimate of drug-likeness (QED) is 0.588. The molecule has 33 heavy (non-hydrogen) atoms. The van der Waals surface area contributed by atoms with Crippen molar-refractivity contribution in [2.24, 2.45) is 5.92 Å². The average Bonchev–Trinajstić information content (AvgIpc) is 2.82. The fourth-order valence-electron chi connectivity index (χ4n) is 4.31. The summed E-state index contributed by atoms with van der Waals surface area (Å²) in [5.41, 5.74) is 3.30. The molecule has 0 aliphatic carbocycles. The van der Waals surface area contributed by atoms with Crippen molar-refractivity contribution in [2.75, 3.05) is 39.7 Å². The molecular formula is C25H30N4O4. The largest absolute Gasteiger partial charge is 0.493 e. The number of benzene rings is 1. The lowest BCUT2D eigenvalue weighted by Gasteiger charge is -2.31. The molecule has 0 saturated carbocycles. The average molecular weight is 451 g/mol. The third kappa shape index (κ3) is 4.51. The van der Waals surface area contributed by atoms with Crippen LogP contribution in [0.2, 0.25) is 0 Å². The van der Waals surface area contributed by atoms with Gasteiger partial charge >= 0.3 is 0 Å². The molecule has 1 aliphatic heterocycles. The van der Waals surface area contributed by atoms with Crippen molar-refractivity contribution in [3.05, 3.63) is 41.7 Å². The summed E-state index contributed by atoms with van der Waals surface area (Å²) in [6, 6.07) is 7.49. The molecule has 0 bridgehead atoms. The summed E-state index contributed by atoms with van der Waals surface area (Å²) in [5, 5.41) is 4.19. The Morgan fingerprint density at radius 2 is 1.85 bits per heavy atom. The lowest BCUT2D eigenvalue weighted by atomic mass is 9.99. The standard InChI is InChI=1S/C25H30N4O4/c1-15-7-6-10-29(14-15)25(30)19-13-26-24-18(9-8-16(2)27-24)22(19)28-17-11-20(31-3)23(33-5)21(12-17)32-4/h8-9,11-13,15H,6-7,10,14H2,1-5H3,(H,26,27,28). The van der Waals surface area contributed by atoms with Gasteiger partial charge in [0.15, 0.2) is 17.1 Å². The van der Waals surface area contributed by atoms with Crippen LogP contribution in [0, 0.1) is 12.8 Å². The number of carbonyl (C=O) groups excluding carboxylic acids is 1. The van der Waals surface area contributed by atoms with Gasteiger partial charge in [0.2, 0.25) is 5.75 Å². The van der Waals surface area contributed by atoms with E-state index in [1.165, 1.54) is 0 Å². The number of nitrogens with zero attached hydrogens (tertiary/aromatic N) is 3. The summed E-state index contributed by atoms with van der Waals surface area (Å²) < 4.78 is 16.4. The summed E-state index contributed by atoms with van der Waals surface area (Å²) in [5.74, 6) is 1.98. The minimum absolute atomic E-state index is 0.0357. The number of piperidine rings is 1. The van der Waals surface area contributed by atoms with E-state index in [9.17, 15) is 4.79 Å². The van der Waals surface area contributed by atoms with E-state index < -0.39 is 0 Å². The molecule has 1 amide bonds. The van der Waals surface area contributed by atoms with Crippen LogP contribution in [0.25, 0.3) is 11.0 Å². The van der Waals surface area contributed by atoms with Gasteiger partial charge in [-0.15, -0.1) is 0 Å². The van der Waals surface area contributed by atoms with Crippen molar-refractivity contribution in [1.29, 1.82) is 0 Å². The van der Waals surface area contributed by atoms with E-state index in [1.54, 1.807) is 27.5 Å². The highest BCUT2D eigenvalue weighted by Gasteiger charge is 2.26. The van der Waals surface area contributed by atoms with E-state index in [-0.39, 0.29) is 5.91 Å². The minimum atomic E-state index is -0.0357. The molecule has 1 atom stereocenters. The van der Waals surface area contributed by atoms with Crippen LogP contribution in [0.5, 0.6) is 17.2 Å². The SMILES string of the molecule is COc1cc(Nc2c(C(=O)N3CCCC(C)C3)cnc3nc(C)ccc23)cc(OC)c1OC. The van der Waals surface area contributed by atoms with Gasteiger partial charge in [0, 0.05) is 48.2 Å². The van der Waals surface area contributed by atoms with Crippen molar-refractivity contribution in [3.8, 4) is 17.2 Å². The first-order valence-electron chi connectivity index (χ1n) is 11.1. The van der Waals surface area contributed by atoms with E-state index in [0.29, 0.717) is 45.8 Å². The number of likely N-dealkylation sites (tertiary alicyclic amines) is 1. The van der Waals surface area contributed by atoms with E-state index >= 15 is 0 Å². The van der Waals surface area contributed by atoms with Gasteiger partial charge in [0.1, 0.15) is 0 Å². The molecule has 1 saturated heterocycles. The first kappa shape index (κ1) is 22.6. The zero-order valence-electron chi connectivity index (χ0n) is 19.8. The third-order valence-corrected chi connectivity index (χ3v) is 5.98. The van der Waals surface area contributed by atoms with E-state index in [4.69, 9.17) is 14.2 Å². The number of ether oxygens (including phenoxy) is 3. The van der Waals surface area contributed by atoms with Crippen molar-refractivity contribution in [3.63, 3.8) is 0 Å². The number of carbonyl (C=O) groups is 1. The smallest absolute Gasteiger partial charge is 0.257 e. The molecule has 174 valence electrons. The lowest BCUT2D eigenvalue weighted by molar-refractivity contribution is 0.0684. The molecular weight excluding hydrogens is 420 g/mol. The maximum Gasteiger partial charge on any atom is 0.257 e. The topological polar surface area (TPSA) is 85.8 Å². The number of hydrogen-bond acceptors (Lipinski definition) is 7. The molecule has 1 N–H and O–H groups in total. The second-order valence-electron chi connectivity index (χ2n) is 8.41. The molecule has 4 rings (SSSR count). The third-order valence-electron chi connectivity index (χ3n) is 5.98. The summed E-state index contributed by atoms with van der Waals surface area (Å²) >= 11 is 0. The number of methoxy groups -OCH3 is 3. The Balaban J connectivity index is 1.83. The first-order chi connectivity index (χ1) is 15.9. The van der Waals surface area contributed by atoms with Crippen LogP contribution < -0.4 is 19.5 Å². The normalized spacial score (nSPS) is 15.9. The van der Waals surface area contributed by atoms with Crippen molar-refractivity contribution < 1.29 is 19.0 Å². The molecule has 8 heteroatoms. The number of fused-ring (bicyclic) bond motifs is 1. The minimum Gasteiger partial charge on any atom is -0.493 e. The first-order valence-corrected chi connectivity index (χ1v) is 11.1. The van der Waals surface area contributed by atoms with Gasteiger partial charge < -0.3 is 24.4 Å². The molecule has 1 fully saturated rings. The lowest BCUT2D eigenvalue weighted by Crippen LogP contribution is -2.39. The Hall–Kier alpha value is -3.55. The Kier molecular flexibility index (Phi) is 6.53. The van der Waals surface area contributed by atoms with Crippen LogP contribution in [-0.4, -0.2) is 55.2 Å². The number of hydrogen-bond donors (Lipinski definition) is 1. The highest BCUT2D eigenvalue weighted by atomic mass is 16.5. The number of pyridine rings is 2. The van der Waals surface area contributed by atoms with E-state index in [0.717, 1.165) is 37.0 Å². The molecule has 0 radical (unpaired) electrons. The summed E-state index contributed by atoms with van der Waals surface area (Å²) in [6.45, 7) is 5.59. The highest BCUT2D eigenvalue weighted by molar-refractivity contribution is 6.07. The van der Waals surface area contributed by atoms with Crippen molar-refractivity contribution >= 4 is 28.3 Å². The fraction of sp³-hybridized carbons (Fsp3) is 0.400. The Morgan fingerprint density at radius 3 is 2.48 bits per heavy atom. The number of aromatic nitrogens is 2. The summed E-state index contributed by atoms with van der Waals surface area (Å²) in [7, 11) is 4.71. The zero-order chi connectivity index (χ0) is 23.5. The van der Waals surface area contributed by atoms with Gasteiger partial charge in [0.25, 0.3) is 5.91 Å². The van der Waals surface area contributed by atoms with Gasteiger partial charge in [-0.1, -0.05) is 6.92 Å². The number of rotatable bonds is 6. The van der Waals surface area contributed by atoms with E-state index in [2.05, 4.69) is 22.2 Å². The van der Waals surface area contributed by atoms with Crippen molar-refractivity contribution in [2.45, 2.75) is 26.7 Å². The van der Waals surface area contributed by atoms with Crippen LogP contribution in [-0.2, 0) is 0 Å². The Bertz CT molecular complexity index is 1160. The second-order valence-corrected chi connectivity index (χ2v) is 8.41. The maximum absolute atomic E-state index is 13.6. The van der Waals surface area contributed by atoms with Crippen LogP contribution in [0.3, 0.4) is 0 Å². The highest BCUT2D eigenvalue weighted by Crippen LogP contribution is 2.41. The van der Waals surface area contributed by atoms with Crippen LogP contribution in [0.1, 0.15) is 35.8 Å². The molecule has 1 aromatic carbocycles. The van der Waals surface area contributed by atoms with Crippen LogP contribution in [0.4, 0.5) is 11.4 Å². The predicted octanol–water partition coefficient (Wildman–Crippen LogP) is 4.58. The summed E-state index contributed by atoms with van der Waals surface area (Å²) in [4.78, 5) is 24.5. The maximum atomic E-state index is 13.6. The van der Waals surface area contributed by atoms with Gasteiger partial charge in [-0.2, -0.15) is 0 Å². The monoisotopic (exact) mass is 450 g/mol. The Morgan fingerprint density at radius 1 is 1.12 bits per heavy atom. The van der Waals surface area contributed by atoms with Crippen LogP contribution >= 0.6 is 0 Å². The number of amides is 1. The van der Waals surface area contributed by atoms with Gasteiger partial charge in [-0.05, 0) is 37.8 Å². The van der Waals surface area contributed by atoms with Crippen molar-refractivity contribution in [1.82, 2.24) is 14.9 Å². The molecule has 3 heterocycles. The van der Waals surface area contributed by atoms with E-state index in [1.807, 2.05) is 36.1 Å². The Labute approximate surface area is 193 Å². The molecule has 3 aromatic rings. The molecule has 0 spiro atoms. The number of aryl methyl sites for hydroxylation is 1. The zero-order valence-corrected chi connectivity index (χ0v) is 19.8. The summed E-state index contributed by atoms with van der Waals surface area (Å²) in [6.07, 6.45) is 3.76. The fourth-order valence-corrected chi connectivity index (χ4v) is 4.31. The molecule has 1 unspecified atom stereocenters. The van der Waals surface area contributed by atoms with Crippen LogP contribution in [0.15, 0.2) is 30.5 Å². The molecule has 1 aliphatic rings. The van der Waals surface area contributed by atoms with Gasteiger partial charge in [-0.25, -0.2) is 9.97 Å². The van der Waals surface area contributed by atoms with Gasteiger partial charge in [0.05, 0.1) is 32.6 Å². The number of anilines is 2.